The maximum atomic E-state index is 13.4. The third kappa shape index (κ3) is 2.66. The zero-order valence-corrected chi connectivity index (χ0v) is 11.3. The van der Waals surface area contributed by atoms with Gasteiger partial charge in [-0.25, -0.2) is 8.78 Å². The number of rotatable bonds is 3. The van der Waals surface area contributed by atoms with E-state index >= 15 is 0 Å². The van der Waals surface area contributed by atoms with Gasteiger partial charge in [-0.3, -0.25) is 0 Å². The van der Waals surface area contributed by atoms with E-state index in [9.17, 15) is 8.78 Å². The van der Waals surface area contributed by atoms with Gasteiger partial charge in [-0.1, -0.05) is 24.3 Å². The van der Waals surface area contributed by atoms with Crippen LogP contribution >= 0.6 is 0 Å². The van der Waals surface area contributed by atoms with E-state index < -0.39 is 11.6 Å². The van der Waals surface area contributed by atoms with E-state index in [1.54, 1.807) is 6.07 Å². The standard InChI is InChI=1S/C16H17F2N/c1-10-5-4-6-11(2)15(10)16(19-3)12-7-8-13(17)14(18)9-12/h4-9,16,19H,1-3H3. The van der Waals surface area contributed by atoms with Gasteiger partial charge < -0.3 is 5.32 Å². The van der Waals surface area contributed by atoms with Gasteiger partial charge in [0.25, 0.3) is 0 Å². The average molecular weight is 261 g/mol. The molecule has 19 heavy (non-hydrogen) atoms. The highest BCUT2D eigenvalue weighted by Crippen LogP contribution is 2.28. The number of nitrogens with one attached hydrogen (secondary N) is 1. The molecule has 0 radical (unpaired) electrons. The maximum Gasteiger partial charge on any atom is 0.159 e. The lowest BCUT2D eigenvalue weighted by Crippen LogP contribution is -2.20. The van der Waals surface area contributed by atoms with Gasteiger partial charge in [0.15, 0.2) is 11.6 Å². The number of hydrogen-bond donors (Lipinski definition) is 1. The van der Waals surface area contributed by atoms with E-state index in [0.29, 0.717) is 0 Å². The molecule has 100 valence electrons. The van der Waals surface area contributed by atoms with Gasteiger partial charge in [0.05, 0.1) is 6.04 Å². The molecule has 3 heteroatoms. The van der Waals surface area contributed by atoms with E-state index in [1.807, 2.05) is 39.1 Å². The topological polar surface area (TPSA) is 12.0 Å². The number of aryl methyl sites for hydroxylation is 2. The fourth-order valence-electron chi connectivity index (χ4n) is 2.45. The van der Waals surface area contributed by atoms with Gasteiger partial charge in [0.2, 0.25) is 0 Å². The number of hydrogen-bond acceptors (Lipinski definition) is 1. The van der Waals surface area contributed by atoms with Crippen LogP contribution in [0, 0.1) is 25.5 Å². The van der Waals surface area contributed by atoms with Gasteiger partial charge in [-0.05, 0) is 55.3 Å². The smallest absolute Gasteiger partial charge is 0.159 e. The van der Waals surface area contributed by atoms with Crippen LogP contribution in [0.5, 0.6) is 0 Å². The minimum absolute atomic E-state index is 0.142. The molecule has 1 nitrogen and oxygen atoms in total. The fraction of sp³-hybridized carbons (Fsp3) is 0.250. The van der Waals surface area contributed by atoms with Crippen molar-refractivity contribution >= 4 is 0 Å². The van der Waals surface area contributed by atoms with Crippen molar-refractivity contribution in [3.8, 4) is 0 Å². The first kappa shape index (κ1) is 13.7. The predicted molar refractivity (Wildman–Crippen MR) is 73.2 cm³/mol. The van der Waals surface area contributed by atoms with Crippen LogP contribution in [0.25, 0.3) is 0 Å². The first-order valence-electron chi connectivity index (χ1n) is 6.23. The zero-order chi connectivity index (χ0) is 14.0. The van der Waals surface area contributed by atoms with Crippen LogP contribution in [0.2, 0.25) is 0 Å². The summed E-state index contributed by atoms with van der Waals surface area (Å²) in [5, 5.41) is 3.17. The van der Waals surface area contributed by atoms with Crippen LogP contribution in [-0.4, -0.2) is 7.05 Å². The summed E-state index contributed by atoms with van der Waals surface area (Å²) in [4.78, 5) is 0. The fourth-order valence-corrected chi connectivity index (χ4v) is 2.45. The van der Waals surface area contributed by atoms with Crippen LogP contribution in [0.1, 0.15) is 28.3 Å². The predicted octanol–water partition coefficient (Wildman–Crippen LogP) is 3.89. The Balaban J connectivity index is 2.53. The van der Waals surface area contributed by atoms with Crippen LogP contribution in [0.4, 0.5) is 8.78 Å². The van der Waals surface area contributed by atoms with Crippen LogP contribution in [-0.2, 0) is 0 Å². The molecule has 1 unspecified atom stereocenters. The summed E-state index contributed by atoms with van der Waals surface area (Å²) in [7, 11) is 1.82. The van der Waals surface area contributed by atoms with Gasteiger partial charge >= 0.3 is 0 Å². The molecule has 0 amide bonds. The maximum absolute atomic E-state index is 13.4. The van der Waals surface area contributed by atoms with Crippen molar-refractivity contribution in [2.24, 2.45) is 0 Å². The van der Waals surface area contributed by atoms with Crippen molar-refractivity contribution in [2.75, 3.05) is 7.05 Å². The Hall–Kier alpha value is -1.74. The summed E-state index contributed by atoms with van der Waals surface area (Å²) in [6.45, 7) is 4.04. The molecule has 0 saturated heterocycles. The van der Waals surface area contributed by atoms with E-state index in [-0.39, 0.29) is 6.04 Å². The quantitative estimate of drug-likeness (QED) is 0.883. The summed E-state index contributed by atoms with van der Waals surface area (Å²) in [6.07, 6.45) is 0. The second-order valence-corrected chi connectivity index (χ2v) is 4.70. The Bertz CT molecular complexity index is 573. The normalized spacial score (nSPS) is 12.5. The van der Waals surface area contributed by atoms with Gasteiger partial charge in [0.1, 0.15) is 0 Å². The molecular formula is C16H17F2N. The molecule has 0 bridgehead atoms. The molecule has 0 aliphatic rings. The first-order chi connectivity index (χ1) is 9.04. The molecule has 0 aromatic heterocycles. The van der Waals surface area contributed by atoms with Crippen molar-refractivity contribution < 1.29 is 8.78 Å². The van der Waals surface area contributed by atoms with Gasteiger partial charge in [0, 0.05) is 0 Å². The third-order valence-electron chi connectivity index (χ3n) is 3.40. The van der Waals surface area contributed by atoms with Crippen molar-refractivity contribution in [2.45, 2.75) is 19.9 Å². The average Bonchev–Trinajstić information content (AvgIpc) is 2.37. The molecule has 0 aliphatic heterocycles. The molecule has 0 saturated carbocycles. The summed E-state index contributed by atoms with van der Waals surface area (Å²) in [5.41, 5.74) is 4.09. The monoisotopic (exact) mass is 261 g/mol. The van der Waals surface area contributed by atoms with Crippen molar-refractivity contribution in [3.63, 3.8) is 0 Å². The Morgan fingerprint density at radius 3 is 2.11 bits per heavy atom. The molecule has 0 aliphatic carbocycles. The Morgan fingerprint density at radius 2 is 1.58 bits per heavy atom. The van der Waals surface area contributed by atoms with E-state index in [2.05, 4.69) is 5.32 Å². The Morgan fingerprint density at radius 1 is 0.947 bits per heavy atom. The number of halogens is 2. The van der Waals surface area contributed by atoms with Crippen molar-refractivity contribution in [3.05, 3.63) is 70.3 Å². The Labute approximate surface area is 112 Å². The van der Waals surface area contributed by atoms with Crippen molar-refractivity contribution in [1.29, 1.82) is 0 Å². The molecule has 0 spiro atoms. The minimum Gasteiger partial charge on any atom is -0.309 e. The molecular weight excluding hydrogens is 244 g/mol. The molecule has 2 aromatic carbocycles. The molecule has 1 N–H and O–H groups in total. The minimum atomic E-state index is -0.819. The molecule has 2 rings (SSSR count). The largest absolute Gasteiger partial charge is 0.309 e. The summed E-state index contributed by atoms with van der Waals surface area (Å²) in [6, 6.07) is 9.93. The summed E-state index contributed by atoms with van der Waals surface area (Å²) >= 11 is 0. The lowest BCUT2D eigenvalue weighted by atomic mass is 9.91. The second-order valence-electron chi connectivity index (χ2n) is 4.70. The van der Waals surface area contributed by atoms with E-state index in [4.69, 9.17) is 0 Å². The highest BCUT2D eigenvalue weighted by atomic mass is 19.2. The van der Waals surface area contributed by atoms with Crippen LogP contribution in [0.15, 0.2) is 36.4 Å². The lowest BCUT2D eigenvalue weighted by molar-refractivity contribution is 0.504. The highest BCUT2D eigenvalue weighted by Gasteiger charge is 2.17. The molecule has 0 heterocycles. The molecule has 2 aromatic rings. The van der Waals surface area contributed by atoms with Crippen LogP contribution < -0.4 is 5.32 Å². The van der Waals surface area contributed by atoms with Gasteiger partial charge in [-0.2, -0.15) is 0 Å². The summed E-state index contributed by atoms with van der Waals surface area (Å²) < 4.78 is 26.4. The third-order valence-corrected chi connectivity index (χ3v) is 3.40. The molecule has 1 atom stereocenters. The lowest BCUT2D eigenvalue weighted by Gasteiger charge is -2.21. The van der Waals surface area contributed by atoms with Crippen LogP contribution in [0.3, 0.4) is 0 Å². The summed E-state index contributed by atoms with van der Waals surface area (Å²) in [5.74, 6) is -1.64. The van der Waals surface area contributed by atoms with Crippen molar-refractivity contribution in [1.82, 2.24) is 5.32 Å². The highest BCUT2D eigenvalue weighted by molar-refractivity contribution is 5.42. The van der Waals surface area contributed by atoms with E-state index in [0.717, 1.165) is 22.3 Å². The number of benzene rings is 2. The van der Waals surface area contributed by atoms with Gasteiger partial charge in [-0.15, -0.1) is 0 Å². The zero-order valence-electron chi connectivity index (χ0n) is 11.3. The van der Waals surface area contributed by atoms with E-state index in [1.165, 1.54) is 12.1 Å². The first-order valence-corrected chi connectivity index (χ1v) is 6.23. The second kappa shape index (κ2) is 5.49. The Kier molecular flexibility index (Phi) is 3.96. The molecule has 0 fully saturated rings. The SMILES string of the molecule is CNC(c1ccc(F)c(F)c1)c1c(C)cccc1C.